The Balaban J connectivity index is 1.96. The third kappa shape index (κ3) is 5.02. The van der Waals surface area contributed by atoms with E-state index in [1.807, 2.05) is 0 Å². The molecule has 1 aromatic carbocycles. The van der Waals surface area contributed by atoms with Crippen molar-refractivity contribution in [3.63, 3.8) is 0 Å². The molecule has 0 saturated heterocycles. The summed E-state index contributed by atoms with van der Waals surface area (Å²) in [6, 6.07) is 2.26. The maximum Gasteiger partial charge on any atom is 0.387 e. The Labute approximate surface area is 133 Å². The van der Waals surface area contributed by atoms with Crippen LogP contribution < -0.4 is 20.7 Å². The zero-order valence-electron chi connectivity index (χ0n) is 11.9. The number of carbonyl (C=O) groups excluding carboxylic acids is 1. The van der Waals surface area contributed by atoms with Crippen LogP contribution in [-0.4, -0.2) is 24.7 Å². The molecule has 3 N–H and O–H groups in total. The summed E-state index contributed by atoms with van der Waals surface area (Å²) in [5.74, 6) is -1.21. The molecule has 0 fully saturated rings. The van der Waals surface area contributed by atoms with Crippen molar-refractivity contribution in [2.45, 2.75) is 13.2 Å². The number of hydrogen-bond acceptors (Lipinski definition) is 5. The van der Waals surface area contributed by atoms with Crippen LogP contribution >= 0.6 is 11.3 Å². The van der Waals surface area contributed by atoms with Crippen molar-refractivity contribution in [1.29, 1.82) is 0 Å². The average Bonchev–Trinajstić information content (AvgIpc) is 2.95. The number of amides is 2. The zero-order chi connectivity index (χ0) is 16.8. The van der Waals surface area contributed by atoms with E-state index in [9.17, 15) is 18.0 Å². The van der Waals surface area contributed by atoms with Crippen LogP contribution in [0.25, 0.3) is 0 Å². The number of halogens is 3. The normalized spacial score (nSPS) is 10.5. The second-order valence-electron chi connectivity index (χ2n) is 4.22. The molecule has 23 heavy (non-hydrogen) atoms. The van der Waals surface area contributed by atoms with Gasteiger partial charge in [-0.05, 0) is 12.1 Å². The Kier molecular flexibility index (Phi) is 5.63. The molecule has 0 saturated carbocycles. The number of nitrogens with zero attached hydrogens (tertiary/aromatic N) is 1. The second-order valence-corrected chi connectivity index (χ2v) is 5.08. The molecule has 1 heterocycles. The molecule has 0 aliphatic rings. The van der Waals surface area contributed by atoms with E-state index in [4.69, 9.17) is 0 Å². The molecule has 0 atom stereocenters. The number of benzene rings is 1. The van der Waals surface area contributed by atoms with Crippen LogP contribution in [0.2, 0.25) is 0 Å². The molecule has 0 unspecified atom stereocenters. The lowest BCUT2D eigenvalue weighted by molar-refractivity contribution is -0.0495. The summed E-state index contributed by atoms with van der Waals surface area (Å²) in [7, 11) is 1.72. The predicted molar refractivity (Wildman–Crippen MR) is 80.6 cm³/mol. The van der Waals surface area contributed by atoms with Crippen molar-refractivity contribution in [1.82, 2.24) is 10.3 Å². The topological polar surface area (TPSA) is 75.3 Å². The van der Waals surface area contributed by atoms with Crippen molar-refractivity contribution in [2.75, 3.05) is 17.7 Å². The summed E-state index contributed by atoms with van der Waals surface area (Å²) in [5.41, 5.74) is 0.566. The van der Waals surface area contributed by atoms with Gasteiger partial charge in [0.25, 0.3) is 0 Å². The van der Waals surface area contributed by atoms with Gasteiger partial charge < -0.3 is 20.7 Å². The van der Waals surface area contributed by atoms with E-state index >= 15 is 0 Å². The molecule has 1 aromatic heterocycles. The van der Waals surface area contributed by atoms with Gasteiger partial charge in [0.1, 0.15) is 5.82 Å². The molecule has 0 aliphatic heterocycles. The first-order valence-corrected chi connectivity index (χ1v) is 7.27. The predicted octanol–water partition coefficient (Wildman–Crippen LogP) is 3.25. The Morgan fingerprint density at radius 1 is 1.43 bits per heavy atom. The van der Waals surface area contributed by atoms with Gasteiger partial charge in [-0.3, -0.25) is 0 Å². The number of urea groups is 1. The number of rotatable bonds is 6. The number of thiazole rings is 1. The van der Waals surface area contributed by atoms with E-state index in [0.717, 1.165) is 18.2 Å². The van der Waals surface area contributed by atoms with Gasteiger partial charge in [-0.15, -0.1) is 11.3 Å². The van der Waals surface area contributed by atoms with Crippen molar-refractivity contribution in [3.8, 4) is 5.75 Å². The van der Waals surface area contributed by atoms with Crippen LogP contribution in [0.5, 0.6) is 5.75 Å². The highest BCUT2D eigenvalue weighted by Gasteiger charge is 2.13. The zero-order valence-corrected chi connectivity index (χ0v) is 12.7. The van der Waals surface area contributed by atoms with E-state index in [1.54, 1.807) is 12.4 Å². The number of alkyl halides is 2. The van der Waals surface area contributed by atoms with Gasteiger partial charge in [0.05, 0.1) is 17.9 Å². The van der Waals surface area contributed by atoms with Crippen LogP contribution in [0.15, 0.2) is 23.6 Å². The van der Waals surface area contributed by atoms with Crippen molar-refractivity contribution in [3.05, 3.63) is 35.1 Å². The van der Waals surface area contributed by atoms with Crippen LogP contribution in [0.1, 0.15) is 5.69 Å². The maximum atomic E-state index is 13.1. The Morgan fingerprint density at radius 2 is 2.22 bits per heavy atom. The second kappa shape index (κ2) is 7.68. The molecule has 0 radical (unpaired) electrons. The quantitative estimate of drug-likeness (QED) is 0.751. The van der Waals surface area contributed by atoms with Gasteiger partial charge in [0.15, 0.2) is 10.9 Å². The fourth-order valence-electron chi connectivity index (χ4n) is 1.63. The number of aromatic nitrogens is 1. The van der Waals surface area contributed by atoms with Crippen LogP contribution in [0, 0.1) is 5.82 Å². The first-order valence-electron chi connectivity index (χ1n) is 6.39. The van der Waals surface area contributed by atoms with Gasteiger partial charge in [0.2, 0.25) is 0 Å². The molecule has 2 aromatic rings. The van der Waals surface area contributed by atoms with E-state index < -0.39 is 24.2 Å². The van der Waals surface area contributed by atoms with Gasteiger partial charge in [-0.25, -0.2) is 14.2 Å². The van der Waals surface area contributed by atoms with Crippen molar-refractivity contribution < 1.29 is 22.7 Å². The maximum absolute atomic E-state index is 13.1. The smallest absolute Gasteiger partial charge is 0.387 e. The standard InChI is InChI=1S/C13H13F3N4O2S/c1-17-13-19-8(6-23-13)5-18-12(21)20-9-3-2-7(14)4-10(9)22-11(15)16/h2-4,6,11H,5H2,1H3,(H,17,19)(H2,18,20,21). The number of carbonyl (C=O) groups is 1. The number of nitrogens with one attached hydrogen (secondary N) is 3. The summed E-state index contributed by atoms with van der Waals surface area (Å²) >= 11 is 1.38. The lowest BCUT2D eigenvalue weighted by Crippen LogP contribution is -2.28. The van der Waals surface area contributed by atoms with Gasteiger partial charge >= 0.3 is 12.6 Å². The summed E-state index contributed by atoms with van der Waals surface area (Å²) in [5, 5.41) is 10.2. The highest BCUT2D eigenvalue weighted by Crippen LogP contribution is 2.27. The fourth-order valence-corrected chi connectivity index (χ4v) is 2.30. The van der Waals surface area contributed by atoms with Crippen LogP contribution in [0.3, 0.4) is 0 Å². The molecule has 0 spiro atoms. The van der Waals surface area contributed by atoms with Gasteiger partial charge in [0, 0.05) is 18.5 Å². The van der Waals surface area contributed by atoms with Gasteiger partial charge in [-0.2, -0.15) is 8.78 Å². The van der Waals surface area contributed by atoms with Crippen LogP contribution in [-0.2, 0) is 6.54 Å². The highest BCUT2D eigenvalue weighted by molar-refractivity contribution is 7.13. The molecule has 6 nitrogen and oxygen atoms in total. The van der Waals surface area contributed by atoms with Gasteiger partial charge in [-0.1, -0.05) is 0 Å². The molecule has 124 valence electrons. The first-order chi connectivity index (χ1) is 11.0. The average molecular weight is 346 g/mol. The summed E-state index contributed by atoms with van der Waals surface area (Å²) in [6.45, 7) is -2.98. The number of anilines is 2. The molecule has 0 bridgehead atoms. The monoisotopic (exact) mass is 346 g/mol. The summed E-state index contributed by atoms with van der Waals surface area (Å²) < 4.78 is 41.8. The molecule has 10 heteroatoms. The third-order valence-electron chi connectivity index (χ3n) is 2.60. The van der Waals surface area contributed by atoms with E-state index in [2.05, 4.69) is 25.7 Å². The lowest BCUT2D eigenvalue weighted by Gasteiger charge is -2.12. The fraction of sp³-hybridized carbons (Fsp3) is 0.231. The van der Waals surface area contributed by atoms with E-state index in [1.165, 1.54) is 11.3 Å². The summed E-state index contributed by atoms with van der Waals surface area (Å²) in [4.78, 5) is 16.0. The van der Waals surface area contributed by atoms with Crippen LogP contribution in [0.4, 0.5) is 28.8 Å². The minimum Gasteiger partial charge on any atom is -0.432 e. The number of hydrogen-bond donors (Lipinski definition) is 3. The molecular weight excluding hydrogens is 333 g/mol. The Hall–Kier alpha value is -2.49. The minimum absolute atomic E-state index is 0.0709. The van der Waals surface area contributed by atoms with E-state index in [0.29, 0.717) is 10.8 Å². The molecule has 0 aliphatic carbocycles. The third-order valence-corrected chi connectivity index (χ3v) is 3.51. The Bertz CT molecular complexity index is 681. The molecule has 2 rings (SSSR count). The first kappa shape index (κ1) is 16.9. The lowest BCUT2D eigenvalue weighted by atomic mass is 10.3. The largest absolute Gasteiger partial charge is 0.432 e. The van der Waals surface area contributed by atoms with Crippen molar-refractivity contribution >= 4 is 28.2 Å². The Morgan fingerprint density at radius 3 is 2.87 bits per heavy atom. The SMILES string of the molecule is CNc1nc(CNC(=O)Nc2ccc(F)cc2OC(F)F)cs1. The summed E-state index contributed by atoms with van der Waals surface area (Å²) in [6.07, 6.45) is 0. The van der Waals surface area contributed by atoms with E-state index in [-0.39, 0.29) is 12.2 Å². The minimum atomic E-state index is -3.13. The highest BCUT2D eigenvalue weighted by atomic mass is 32.1. The number of ether oxygens (including phenoxy) is 1. The van der Waals surface area contributed by atoms with Crippen molar-refractivity contribution in [2.24, 2.45) is 0 Å². The molecule has 2 amide bonds. The molecular formula is C13H13F3N4O2S.